The van der Waals surface area contributed by atoms with Crippen LogP contribution in [0.25, 0.3) is 0 Å². The molecule has 4 rings (SSSR count). The molecule has 0 bridgehead atoms. The minimum absolute atomic E-state index is 0.210. The van der Waals surface area contributed by atoms with Crippen molar-refractivity contribution in [2.45, 2.75) is 99.7 Å². The molecule has 0 spiro atoms. The Labute approximate surface area is 186 Å². The molecular formula is C26H34O4S. The van der Waals surface area contributed by atoms with Crippen molar-refractivity contribution >= 4 is 9.84 Å². The third-order valence-electron chi connectivity index (χ3n) is 7.32. The lowest BCUT2D eigenvalue weighted by Crippen LogP contribution is -2.10. The maximum Gasteiger partial charge on any atom is 0.206 e. The molecule has 2 saturated carbocycles. The lowest BCUT2D eigenvalue weighted by molar-refractivity contribution is 0.411. The second-order valence-corrected chi connectivity index (χ2v) is 11.5. The highest BCUT2D eigenvalue weighted by Gasteiger charge is 2.28. The van der Waals surface area contributed by atoms with E-state index in [0.29, 0.717) is 11.1 Å². The van der Waals surface area contributed by atoms with E-state index >= 15 is 0 Å². The predicted molar refractivity (Wildman–Crippen MR) is 123 cm³/mol. The molecular weight excluding hydrogens is 408 g/mol. The predicted octanol–water partition coefficient (Wildman–Crippen LogP) is 6.64. The minimum Gasteiger partial charge on any atom is -0.507 e. The zero-order valence-electron chi connectivity index (χ0n) is 18.7. The third kappa shape index (κ3) is 4.34. The first kappa shape index (κ1) is 22.2. The van der Waals surface area contributed by atoms with E-state index in [4.69, 9.17) is 0 Å². The summed E-state index contributed by atoms with van der Waals surface area (Å²) in [6.07, 6.45) is 10.8. The summed E-state index contributed by atoms with van der Waals surface area (Å²) in [5.41, 5.74) is 2.73. The van der Waals surface area contributed by atoms with E-state index in [1.54, 1.807) is 38.1 Å². The lowest BCUT2D eigenvalue weighted by Gasteiger charge is -2.25. The second-order valence-electron chi connectivity index (χ2n) is 9.53. The number of rotatable bonds is 4. The van der Waals surface area contributed by atoms with Crippen molar-refractivity contribution in [3.63, 3.8) is 0 Å². The highest BCUT2D eigenvalue weighted by molar-refractivity contribution is 7.91. The van der Waals surface area contributed by atoms with Gasteiger partial charge in [0.1, 0.15) is 11.5 Å². The van der Waals surface area contributed by atoms with Gasteiger partial charge in [-0.2, -0.15) is 0 Å². The Morgan fingerprint density at radius 2 is 1.00 bits per heavy atom. The van der Waals surface area contributed by atoms with Crippen molar-refractivity contribution in [1.82, 2.24) is 0 Å². The van der Waals surface area contributed by atoms with E-state index in [-0.39, 0.29) is 33.1 Å². The molecule has 2 N–H and O–H groups in total. The first-order valence-electron chi connectivity index (χ1n) is 11.7. The van der Waals surface area contributed by atoms with Gasteiger partial charge in [-0.05, 0) is 97.9 Å². The fourth-order valence-corrected chi connectivity index (χ4v) is 6.94. The summed E-state index contributed by atoms with van der Waals surface area (Å²) in [6.45, 7) is 3.55. The summed E-state index contributed by atoms with van der Waals surface area (Å²) in [5.74, 6) is 0.884. The van der Waals surface area contributed by atoms with Crippen molar-refractivity contribution in [3.8, 4) is 11.5 Å². The van der Waals surface area contributed by atoms with Crippen molar-refractivity contribution in [1.29, 1.82) is 0 Å². The maximum absolute atomic E-state index is 13.7. The van der Waals surface area contributed by atoms with Crippen LogP contribution in [0, 0.1) is 13.8 Å². The largest absolute Gasteiger partial charge is 0.507 e. The topological polar surface area (TPSA) is 74.6 Å². The molecule has 31 heavy (non-hydrogen) atoms. The van der Waals surface area contributed by atoms with Gasteiger partial charge < -0.3 is 10.2 Å². The summed E-state index contributed by atoms with van der Waals surface area (Å²) < 4.78 is 27.3. The van der Waals surface area contributed by atoms with Crippen molar-refractivity contribution in [2.75, 3.05) is 0 Å². The fourth-order valence-electron chi connectivity index (χ4n) is 5.44. The number of aryl methyl sites for hydroxylation is 2. The van der Waals surface area contributed by atoms with Crippen LogP contribution in [0.3, 0.4) is 0 Å². The molecule has 168 valence electrons. The molecule has 2 fully saturated rings. The molecule has 4 nitrogen and oxygen atoms in total. The van der Waals surface area contributed by atoms with Crippen molar-refractivity contribution in [2.24, 2.45) is 0 Å². The standard InChI is InChI=1S/C26H34O4S/c1-17-13-21(15-23(25(17)27)19-9-5-3-6-10-19)31(29,30)22-14-18(2)26(28)24(16-22)20-11-7-4-8-12-20/h13-16,19-20,27-28H,3-12H2,1-2H3. The number of phenolic OH excluding ortho intramolecular Hbond substituents is 2. The van der Waals surface area contributed by atoms with Gasteiger partial charge in [-0.15, -0.1) is 0 Å². The van der Waals surface area contributed by atoms with Crippen LogP contribution in [-0.2, 0) is 9.84 Å². The summed E-state index contributed by atoms with van der Waals surface area (Å²) in [4.78, 5) is 0.478. The van der Waals surface area contributed by atoms with Gasteiger partial charge in [0.2, 0.25) is 9.84 Å². The van der Waals surface area contributed by atoms with Gasteiger partial charge in [0.15, 0.2) is 0 Å². The SMILES string of the molecule is Cc1cc(S(=O)(=O)c2cc(C)c(O)c(C3CCCCC3)c2)cc(C2CCCCC2)c1O. The van der Waals surface area contributed by atoms with Crippen LogP contribution in [0.5, 0.6) is 11.5 Å². The molecule has 2 aliphatic rings. The van der Waals surface area contributed by atoms with E-state index in [1.165, 1.54) is 12.8 Å². The molecule has 2 aromatic rings. The van der Waals surface area contributed by atoms with Crippen molar-refractivity contribution in [3.05, 3.63) is 46.5 Å². The van der Waals surface area contributed by atoms with Crippen LogP contribution in [0.4, 0.5) is 0 Å². The summed E-state index contributed by atoms with van der Waals surface area (Å²) >= 11 is 0. The molecule has 5 heteroatoms. The van der Waals surface area contributed by atoms with Gasteiger partial charge in [-0.3, -0.25) is 0 Å². The van der Waals surface area contributed by atoms with Crippen molar-refractivity contribution < 1.29 is 18.6 Å². The van der Waals surface area contributed by atoms with Gasteiger partial charge >= 0.3 is 0 Å². The van der Waals surface area contributed by atoms with Crippen LogP contribution < -0.4 is 0 Å². The molecule has 0 amide bonds. The molecule has 0 aromatic heterocycles. The number of phenols is 2. The van der Waals surface area contributed by atoms with Crippen LogP contribution in [0.1, 0.15) is 98.3 Å². The van der Waals surface area contributed by atoms with E-state index in [0.717, 1.165) is 62.5 Å². The second kappa shape index (κ2) is 8.85. The molecule has 0 heterocycles. The first-order valence-corrected chi connectivity index (χ1v) is 13.2. The fraction of sp³-hybridized carbons (Fsp3) is 0.538. The maximum atomic E-state index is 13.7. The van der Waals surface area contributed by atoms with E-state index in [1.807, 2.05) is 0 Å². The number of hydrogen-bond acceptors (Lipinski definition) is 4. The molecule has 0 aliphatic heterocycles. The van der Waals surface area contributed by atoms with Gasteiger partial charge in [0.05, 0.1) is 9.79 Å². The van der Waals surface area contributed by atoms with Gasteiger partial charge in [-0.1, -0.05) is 38.5 Å². The van der Waals surface area contributed by atoms with E-state index in [2.05, 4.69) is 0 Å². The van der Waals surface area contributed by atoms with Gasteiger partial charge in [0.25, 0.3) is 0 Å². The highest BCUT2D eigenvalue weighted by atomic mass is 32.2. The van der Waals surface area contributed by atoms with Crippen LogP contribution >= 0.6 is 0 Å². The number of hydrogen-bond donors (Lipinski definition) is 2. The molecule has 0 radical (unpaired) electrons. The molecule has 0 unspecified atom stereocenters. The normalized spacial score (nSPS) is 18.9. The zero-order valence-corrected chi connectivity index (χ0v) is 19.5. The van der Waals surface area contributed by atoms with Crippen LogP contribution in [0.2, 0.25) is 0 Å². The average molecular weight is 443 g/mol. The van der Waals surface area contributed by atoms with Gasteiger partial charge in [0, 0.05) is 0 Å². The minimum atomic E-state index is -3.76. The van der Waals surface area contributed by atoms with E-state index < -0.39 is 9.84 Å². The Hall–Kier alpha value is -2.01. The monoisotopic (exact) mass is 442 g/mol. The Morgan fingerprint density at radius 3 is 1.35 bits per heavy atom. The summed E-state index contributed by atoms with van der Waals surface area (Å²) in [6, 6.07) is 6.55. The highest BCUT2D eigenvalue weighted by Crippen LogP contribution is 2.43. The lowest BCUT2D eigenvalue weighted by atomic mass is 9.83. The Bertz CT molecular complexity index is 980. The summed E-state index contributed by atoms with van der Waals surface area (Å²) in [5, 5.41) is 21.4. The number of aromatic hydroxyl groups is 2. The Kier molecular flexibility index (Phi) is 6.34. The van der Waals surface area contributed by atoms with Gasteiger partial charge in [-0.25, -0.2) is 8.42 Å². The molecule has 0 atom stereocenters. The van der Waals surface area contributed by atoms with E-state index in [9.17, 15) is 18.6 Å². The first-order chi connectivity index (χ1) is 14.8. The Balaban J connectivity index is 1.78. The molecule has 0 saturated heterocycles. The number of sulfone groups is 1. The average Bonchev–Trinajstić information content (AvgIpc) is 2.78. The quantitative estimate of drug-likeness (QED) is 0.556. The van der Waals surface area contributed by atoms with Crippen LogP contribution in [-0.4, -0.2) is 18.6 Å². The third-order valence-corrected chi connectivity index (χ3v) is 9.03. The zero-order chi connectivity index (χ0) is 22.2. The number of benzene rings is 2. The smallest absolute Gasteiger partial charge is 0.206 e. The van der Waals surface area contributed by atoms with Crippen LogP contribution in [0.15, 0.2) is 34.1 Å². The Morgan fingerprint density at radius 1 is 0.645 bits per heavy atom. The molecule has 2 aliphatic carbocycles. The molecule has 2 aromatic carbocycles. The summed E-state index contributed by atoms with van der Waals surface area (Å²) in [7, 11) is -3.76.